The van der Waals surface area contributed by atoms with Gasteiger partial charge in [0.05, 0.1) is 5.51 Å². The summed E-state index contributed by atoms with van der Waals surface area (Å²) in [5.74, 6) is 0.547. The first-order valence-electron chi connectivity index (χ1n) is 4.60. The summed E-state index contributed by atoms with van der Waals surface area (Å²) in [6, 6.07) is 0. The van der Waals surface area contributed by atoms with Gasteiger partial charge in [-0.1, -0.05) is 13.8 Å². The first-order valence-corrected chi connectivity index (χ1v) is 5.48. The Morgan fingerprint density at radius 3 is 2.92 bits per heavy atom. The van der Waals surface area contributed by atoms with Crippen LogP contribution in [0.1, 0.15) is 31.6 Å². The second-order valence-electron chi connectivity index (χ2n) is 3.44. The molecule has 0 N–H and O–H groups in total. The van der Waals surface area contributed by atoms with Crippen molar-refractivity contribution in [3.05, 3.63) is 16.6 Å². The molecule has 0 fully saturated rings. The molecule has 0 unspecified atom stereocenters. The Morgan fingerprint density at radius 2 is 2.38 bits per heavy atom. The largest absolute Gasteiger partial charge is 0.299 e. The zero-order valence-corrected chi connectivity index (χ0v) is 8.93. The van der Waals surface area contributed by atoms with E-state index in [1.807, 2.05) is 25.6 Å². The van der Waals surface area contributed by atoms with Gasteiger partial charge in [0, 0.05) is 23.4 Å². The van der Waals surface area contributed by atoms with Gasteiger partial charge in [-0.05, 0) is 12.8 Å². The molecular formula is C10H15NOS. The van der Waals surface area contributed by atoms with Crippen molar-refractivity contribution in [2.24, 2.45) is 5.92 Å². The van der Waals surface area contributed by atoms with E-state index in [-0.39, 0.29) is 5.92 Å². The second-order valence-corrected chi connectivity index (χ2v) is 4.41. The molecule has 2 nitrogen and oxygen atoms in total. The fraction of sp³-hybridized carbons (Fsp3) is 0.600. The molecule has 0 amide bonds. The molecule has 0 saturated heterocycles. The minimum absolute atomic E-state index is 0.182. The van der Waals surface area contributed by atoms with Crippen LogP contribution >= 0.6 is 11.3 Å². The highest BCUT2D eigenvalue weighted by molar-refractivity contribution is 7.09. The number of nitrogens with zero attached hydrogens (tertiary/aromatic N) is 1. The van der Waals surface area contributed by atoms with E-state index < -0.39 is 0 Å². The van der Waals surface area contributed by atoms with Crippen LogP contribution in [0.5, 0.6) is 0 Å². The monoisotopic (exact) mass is 197 g/mol. The molecule has 0 bridgehead atoms. The maximum absolute atomic E-state index is 11.3. The van der Waals surface area contributed by atoms with E-state index in [1.54, 1.807) is 11.3 Å². The van der Waals surface area contributed by atoms with Crippen molar-refractivity contribution in [2.75, 3.05) is 0 Å². The number of ketones is 1. The topological polar surface area (TPSA) is 30.0 Å². The first kappa shape index (κ1) is 10.4. The molecule has 0 saturated carbocycles. The minimum Gasteiger partial charge on any atom is -0.299 e. The number of aromatic nitrogens is 1. The van der Waals surface area contributed by atoms with Crippen molar-refractivity contribution < 1.29 is 4.79 Å². The standard InChI is InChI=1S/C10H15NOS/c1-8(2)10(12)5-3-4-9-6-11-7-13-9/h6-8H,3-5H2,1-2H3. The molecule has 0 aliphatic rings. The van der Waals surface area contributed by atoms with E-state index in [2.05, 4.69) is 4.98 Å². The van der Waals surface area contributed by atoms with Crippen molar-refractivity contribution in [3.63, 3.8) is 0 Å². The first-order chi connectivity index (χ1) is 6.20. The van der Waals surface area contributed by atoms with Crippen LogP contribution in [0.4, 0.5) is 0 Å². The lowest BCUT2D eigenvalue weighted by molar-refractivity contribution is -0.121. The van der Waals surface area contributed by atoms with Gasteiger partial charge < -0.3 is 0 Å². The molecule has 72 valence electrons. The predicted molar refractivity (Wildman–Crippen MR) is 54.9 cm³/mol. The van der Waals surface area contributed by atoms with E-state index in [0.29, 0.717) is 12.2 Å². The third-order valence-corrected chi connectivity index (χ3v) is 2.81. The van der Waals surface area contributed by atoms with Crippen LogP contribution in [0, 0.1) is 5.92 Å². The minimum atomic E-state index is 0.182. The van der Waals surface area contributed by atoms with Gasteiger partial charge >= 0.3 is 0 Å². The van der Waals surface area contributed by atoms with Gasteiger partial charge in [0.15, 0.2) is 0 Å². The fourth-order valence-corrected chi connectivity index (χ4v) is 1.73. The summed E-state index contributed by atoms with van der Waals surface area (Å²) in [4.78, 5) is 16.5. The zero-order valence-electron chi connectivity index (χ0n) is 8.12. The van der Waals surface area contributed by atoms with Crippen LogP contribution in [0.15, 0.2) is 11.7 Å². The van der Waals surface area contributed by atoms with Crippen LogP contribution in [0.25, 0.3) is 0 Å². The third-order valence-electron chi connectivity index (χ3n) is 1.97. The summed E-state index contributed by atoms with van der Waals surface area (Å²) in [6.07, 6.45) is 4.53. The Balaban J connectivity index is 2.18. The lowest BCUT2D eigenvalue weighted by Gasteiger charge is -2.02. The molecule has 13 heavy (non-hydrogen) atoms. The Bertz CT molecular complexity index is 254. The maximum atomic E-state index is 11.3. The molecular weight excluding hydrogens is 182 g/mol. The Kier molecular flexibility index (Phi) is 4.09. The Morgan fingerprint density at radius 1 is 1.62 bits per heavy atom. The van der Waals surface area contributed by atoms with Crippen molar-refractivity contribution in [3.8, 4) is 0 Å². The summed E-state index contributed by atoms with van der Waals surface area (Å²) in [6.45, 7) is 3.91. The van der Waals surface area contributed by atoms with E-state index in [9.17, 15) is 4.79 Å². The normalized spacial score (nSPS) is 10.7. The van der Waals surface area contributed by atoms with Gasteiger partial charge in [0.2, 0.25) is 0 Å². The summed E-state index contributed by atoms with van der Waals surface area (Å²) in [5.41, 5.74) is 1.83. The summed E-state index contributed by atoms with van der Waals surface area (Å²) in [7, 11) is 0. The van der Waals surface area contributed by atoms with Gasteiger partial charge in [-0.15, -0.1) is 11.3 Å². The number of aryl methyl sites for hydroxylation is 1. The van der Waals surface area contributed by atoms with E-state index in [0.717, 1.165) is 12.8 Å². The molecule has 0 spiro atoms. The van der Waals surface area contributed by atoms with Crippen molar-refractivity contribution in [1.29, 1.82) is 0 Å². The number of hydrogen-bond donors (Lipinski definition) is 0. The van der Waals surface area contributed by atoms with Crippen LogP contribution < -0.4 is 0 Å². The molecule has 0 aromatic carbocycles. The van der Waals surface area contributed by atoms with Crippen molar-refractivity contribution in [1.82, 2.24) is 4.98 Å². The molecule has 1 aromatic rings. The second kappa shape index (κ2) is 5.12. The molecule has 1 aromatic heterocycles. The predicted octanol–water partition coefficient (Wildman–Crippen LogP) is 2.69. The van der Waals surface area contributed by atoms with E-state index >= 15 is 0 Å². The summed E-state index contributed by atoms with van der Waals surface area (Å²) in [5, 5.41) is 0. The molecule has 1 heterocycles. The number of rotatable bonds is 5. The highest BCUT2D eigenvalue weighted by atomic mass is 32.1. The van der Waals surface area contributed by atoms with Crippen LogP contribution in [-0.2, 0) is 11.2 Å². The Hall–Kier alpha value is -0.700. The zero-order chi connectivity index (χ0) is 9.68. The third kappa shape index (κ3) is 3.68. The van der Waals surface area contributed by atoms with Crippen LogP contribution in [-0.4, -0.2) is 10.8 Å². The molecule has 1 rings (SSSR count). The SMILES string of the molecule is CC(C)C(=O)CCCc1cncs1. The highest BCUT2D eigenvalue weighted by Gasteiger charge is 2.06. The number of thiazole rings is 1. The average Bonchev–Trinajstić information content (AvgIpc) is 2.56. The number of carbonyl (C=O) groups is 1. The number of Topliss-reactive ketones (excluding diaryl/α,β-unsaturated/α-hetero) is 1. The summed E-state index contributed by atoms with van der Waals surface area (Å²) < 4.78 is 0. The lowest BCUT2D eigenvalue weighted by atomic mass is 10.0. The highest BCUT2D eigenvalue weighted by Crippen LogP contribution is 2.11. The van der Waals surface area contributed by atoms with Crippen molar-refractivity contribution >= 4 is 17.1 Å². The average molecular weight is 197 g/mol. The van der Waals surface area contributed by atoms with Crippen molar-refractivity contribution in [2.45, 2.75) is 33.1 Å². The van der Waals surface area contributed by atoms with Crippen LogP contribution in [0.3, 0.4) is 0 Å². The summed E-state index contributed by atoms with van der Waals surface area (Å²) >= 11 is 1.66. The maximum Gasteiger partial charge on any atom is 0.135 e. The molecule has 3 heteroatoms. The smallest absolute Gasteiger partial charge is 0.135 e. The van der Waals surface area contributed by atoms with Gasteiger partial charge in [-0.3, -0.25) is 9.78 Å². The van der Waals surface area contributed by atoms with E-state index in [4.69, 9.17) is 0 Å². The number of carbonyl (C=O) groups excluding carboxylic acids is 1. The Labute approximate surface area is 83.0 Å². The van der Waals surface area contributed by atoms with Gasteiger partial charge in [0.1, 0.15) is 5.78 Å². The molecule has 0 radical (unpaired) electrons. The van der Waals surface area contributed by atoms with E-state index in [1.165, 1.54) is 4.88 Å². The quantitative estimate of drug-likeness (QED) is 0.726. The van der Waals surface area contributed by atoms with Gasteiger partial charge in [0.25, 0.3) is 0 Å². The van der Waals surface area contributed by atoms with Gasteiger partial charge in [-0.2, -0.15) is 0 Å². The van der Waals surface area contributed by atoms with Gasteiger partial charge in [-0.25, -0.2) is 0 Å². The molecule has 0 atom stereocenters. The number of hydrogen-bond acceptors (Lipinski definition) is 3. The molecule has 0 aliphatic carbocycles. The fourth-order valence-electron chi connectivity index (χ4n) is 1.09. The lowest BCUT2D eigenvalue weighted by Crippen LogP contribution is -2.06. The molecule has 0 aliphatic heterocycles. The van der Waals surface area contributed by atoms with Crippen LogP contribution in [0.2, 0.25) is 0 Å².